The lowest BCUT2D eigenvalue weighted by Crippen LogP contribution is -2.37. The summed E-state index contributed by atoms with van der Waals surface area (Å²) in [5.74, 6) is 0.861. The van der Waals surface area contributed by atoms with E-state index in [0.717, 1.165) is 17.9 Å². The maximum Gasteiger partial charge on any atom is 0.411 e. The predicted octanol–water partition coefficient (Wildman–Crippen LogP) is 0.397. The summed E-state index contributed by atoms with van der Waals surface area (Å²) < 4.78 is 4.73. The van der Waals surface area contributed by atoms with Crippen LogP contribution in [0.3, 0.4) is 0 Å². The summed E-state index contributed by atoms with van der Waals surface area (Å²) in [5, 5.41) is 8.68. The van der Waals surface area contributed by atoms with Gasteiger partial charge in [0.2, 0.25) is 6.10 Å². The summed E-state index contributed by atoms with van der Waals surface area (Å²) in [7, 11) is 0. The third-order valence-corrected chi connectivity index (χ3v) is 3.61. The number of hydrogen-bond donors (Lipinski definition) is 1. The first-order valence-corrected chi connectivity index (χ1v) is 5.62. The molecule has 1 unspecified atom stereocenters. The average Bonchev–Trinajstić information content (AvgIpc) is 2.71. The van der Waals surface area contributed by atoms with E-state index in [9.17, 15) is 9.59 Å². The molecule has 6 heteroatoms. The van der Waals surface area contributed by atoms with E-state index in [1.807, 2.05) is 0 Å². The molecular formula is C8H11NO4S. The summed E-state index contributed by atoms with van der Waals surface area (Å²) in [6.07, 6.45) is -0.524. The van der Waals surface area contributed by atoms with Gasteiger partial charge in [0.25, 0.3) is 0 Å². The summed E-state index contributed by atoms with van der Waals surface area (Å²) in [6, 6.07) is 0.164. The zero-order chi connectivity index (χ0) is 10.1. The fraction of sp³-hybridized carbons (Fsp3) is 0.750. The summed E-state index contributed by atoms with van der Waals surface area (Å²) >= 11 is 1.78. The van der Waals surface area contributed by atoms with Gasteiger partial charge in [-0.3, -0.25) is 4.90 Å². The second-order valence-corrected chi connectivity index (χ2v) is 4.53. The minimum absolute atomic E-state index is 0.164. The molecule has 0 saturated carbocycles. The van der Waals surface area contributed by atoms with Crippen molar-refractivity contribution in [3.8, 4) is 0 Å². The smallest absolute Gasteiger partial charge is 0.411 e. The van der Waals surface area contributed by atoms with Gasteiger partial charge < -0.3 is 9.84 Å². The second-order valence-electron chi connectivity index (χ2n) is 3.38. The highest BCUT2D eigenvalue weighted by Crippen LogP contribution is 2.26. The molecule has 5 nitrogen and oxygen atoms in total. The van der Waals surface area contributed by atoms with Crippen molar-refractivity contribution in [1.29, 1.82) is 0 Å². The normalized spacial score (nSPS) is 32.0. The van der Waals surface area contributed by atoms with Crippen LogP contribution in [0.2, 0.25) is 0 Å². The van der Waals surface area contributed by atoms with Crippen LogP contribution in [-0.4, -0.2) is 52.3 Å². The van der Waals surface area contributed by atoms with Gasteiger partial charge in [-0.1, -0.05) is 0 Å². The van der Waals surface area contributed by atoms with Crippen LogP contribution in [-0.2, 0) is 9.53 Å². The monoisotopic (exact) mass is 217 g/mol. The minimum Gasteiger partial charge on any atom is -0.478 e. The number of amides is 1. The molecular weight excluding hydrogens is 206 g/mol. The molecule has 2 heterocycles. The van der Waals surface area contributed by atoms with Crippen LogP contribution in [0.5, 0.6) is 0 Å². The first-order chi connectivity index (χ1) is 6.68. The summed E-state index contributed by atoms with van der Waals surface area (Å²) in [5.41, 5.74) is 0. The number of hydrogen-bond acceptors (Lipinski definition) is 4. The van der Waals surface area contributed by atoms with Crippen molar-refractivity contribution in [3.63, 3.8) is 0 Å². The van der Waals surface area contributed by atoms with Gasteiger partial charge >= 0.3 is 12.1 Å². The van der Waals surface area contributed by atoms with Crippen molar-refractivity contribution < 1.29 is 19.4 Å². The van der Waals surface area contributed by atoms with Crippen LogP contribution in [0.1, 0.15) is 6.42 Å². The maximum absolute atomic E-state index is 11.3. The highest BCUT2D eigenvalue weighted by Gasteiger charge is 2.40. The van der Waals surface area contributed by atoms with Crippen LogP contribution in [0.25, 0.3) is 0 Å². The molecule has 2 atom stereocenters. The third kappa shape index (κ3) is 1.66. The Balaban J connectivity index is 2.00. The number of carboxylic acid groups (broad SMARTS) is 1. The second kappa shape index (κ2) is 3.68. The van der Waals surface area contributed by atoms with E-state index in [2.05, 4.69) is 0 Å². The molecule has 0 aromatic carbocycles. The zero-order valence-corrected chi connectivity index (χ0v) is 8.33. The van der Waals surface area contributed by atoms with E-state index in [1.165, 1.54) is 0 Å². The zero-order valence-electron chi connectivity index (χ0n) is 7.51. The first kappa shape index (κ1) is 9.64. The topological polar surface area (TPSA) is 66.8 Å². The Bertz CT molecular complexity index is 264. The molecule has 2 saturated heterocycles. The molecule has 1 N–H and O–H groups in total. The molecule has 0 radical (unpaired) electrons. The number of carbonyl (C=O) groups excluding carboxylic acids is 1. The van der Waals surface area contributed by atoms with Crippen LogP contribution in [0.15, 0.2) is 0 Å². The van der Waals surface area contributed by atoms with Gasteiger partial charge in [0, 0.05) is 11.8 Å². The Morgan fingerprint density at radius 1 is 1.64 bits per heavy atom. The quantitative estimate of drug-likeness (QED) is 0.725. The van der Waals surface area contributed by atoms with E-state index in [4.69, 9.17) is 9.84 Å². The molecule has 0 bridgehead atoms. The van der Waals surface area contributed by atoms with Crippen molar-refractivity contribution >= 4 is 23.8 Å². The van der Waals surface area contributed by atoms with E-state index in [0.29, 0.717) is 0 Å². The number of aliphatic carboxylic acids is 1. The van der Waals surface area contributed by atoms with Gasteiger partial charge in [-0.15, -0.1) is 0 Å². The molecule has 78 valence electrons. The number of ether oxygens (including phenoxy) is 1. The summed E-state index contributed by atoms with van der Waals surface area (Å²) in [6.45, 7) is 0.194. The highest BCUT2D eigenvalue weighted by atomic mass is 32.2. The standard InChI is InChI=1S/C8H11NO4S/c10-7(11)6-3-9(8(12)13-6)5-1-2-14-4-5/h5-6H,1-4H2,(H,10,11)/t5?,6-/m1/s1. The summed E-state index contributed by atoms with van der Waals surface area (Å²) in [4.78, 5) is 23.4. The molecule has 2 aliphatic heterocycles. The van der Waals surface area contributed by atoms with Crippen molar-refractivity contribution in [2.45, 2.75) is 18.6 Å². The van der Waals surface area contributed by atoms with Gasteiger partial charge in [-0.2, -0.15) is 11.8 Å². The van der Waals surface area contributed by atoms with Crippen LogP contribution in [0.4, 0.5) is 4.79 Å². The molecule has 0 aliphatic carbocycles. The molecule has 14 heavy (non-hydrogen) atoms. The molecule has 2 aliphatic rings. The molecule has 2 rings (SSSR count). The Kier molecular flexibility index (Phi) is 2.54. The maximum atomic E-state index is 11.3. The fourth-order valence-electron chi connectivity index (χ4n) is 1.67. The number of thioether (sulfide) groups is 1. The molecule has 0 spiro atoms. The molecule has 1 amide bonds. The lowest BCUT2D eigenvalue weighted by Gasteiger charge is -2.19. The Morgan fingerprint density at radius 2 is 2.43 bits per heavy atom. The van der Waals surface area contributed by atoms with Gasteiger partial charge in [-0.05, 0) is 12.2 Å². The van der Waals surface area contributed by atoms with Crippen molar-refractivity contribution in [2.24, 2.45) is 0 Å². The fourth-order valence-corrected chi connectivity index (χ4v) is 2.90. The highest BCUT2D eigenvalue weighted by molar-refractivity contribution is 7.99. The van der Waals surface area contributed by atoms with E-state index in [1.54, 1.807) is 16.7 Å². The Hall–Kier alpha value is -0.910. The van der Waals surface area contributed by atoms with E-state index in [-0.39, 0.29) is 12.6 Å². The SMILES string of the molecule is O=C(O)[C@H]1CN(C2CCSC2)C(=O)O1. The predicted molar refractivity (Wildman–Crippen MR) is 50.3 cm³/mol. The van der Waals surface area contributed by atoms with Crippen LogP contribution in [0, 0.1) is 0 Å². The molecule has 2 fully saturated rings. The van der Waals surface area contributed by atoms with Crippen molar-refractivity contribution in [1.82, 2.24) is 4.90 Å². The lowest BCUT2D eigenvalue weighted by atomic mass is 10.2. The van der Waals surface area contributed by atoms with Gasteiger partial charge in [0.1, 0.15) is 0 Å². The number of rotatable bonds is 2. The van der Waals surface area contributed by atoms with Crippen molar-refractivity contribution in [2.75, 3.05) is 18.1 Å². The minimum atomic E-state index is -1.06. The molecule has 0 aromatic heterocycles. The van der Waals surface area contributed by atoms with E-state index >= 15 is 0 Å². The van der Waals surface area contributed by atoms with Gasteiger partial charge in [0.05, 0.1) is 6.54 Å². The third-order valence-electron chi connectivity index (χ3n) is 2.46. The Labute approximate surface area is 85.4 Å². The largest absolute Gasteiger partial charge is 0.478 e. The number of cyclic esters (lactones) is 1. The first-order valence-electron chi connectivity index (χ1n) is 4.46. The number of carbonyl (C=O) groups is 2. The van der Waals surface area contributed by atoms with Gasteiger partial charge in [-0.25, -0.2) is 9.59 Å². The van der Waals surface area contributed by atoms with E-state index < -0.39 is 18.2 Å². The lowest BCUT2D eigenvalue weighted by molar-refractivity contribution is -0.144. The van der Waals surface area contributed by atoms with Crippen molar-refractivity contribution in [3.05, 3.63) is 0 Å². The molecule has 0 aromatic rings. The Morgan fingerprint density at radius 3 is 2.93 bits per heavy atom. The number of nitrogens with zero attached hydrogens (tertiary/aromatic N) is 1. The number of carboxylic acids is 1. The van der Waals surface area contributed by atoms with Crippen LogP contribution >= 0.6 is 11.8 Å². The average molecular weight is 217 g/mol. The van der Waals surface area contributed by atoms with Crippen LogP contribution < -0.4 is 0 Å². The van der Waals surface area contributed by atoms with Gasteiger partial charge in [0.15, 0.2) is 0 Å².